The number of carbonyl (C=O) groups is 2. The SMILES string of the molecule is CCN(C(=O)N1CCC(C(=O)O)CC1C)C1CCCCC1. The highest BCUT2D eigenvalue weighted by Gasteiger charge is 2.35. The minimum Gasteiger partial charge on any atom is -0.481 e. The van der Waals surface area contributed by atoms with Crippen molar-refractivity contribution < 1.29 is 14.7 Å². The third kappa shape index (κ3) is 3.69. The number of hydrogen-bond acceptors (Lipinski definition) is 2. The van der Waals surface area contributed by atoms with Gasteiger partial charge in [0.1, 0.15) is 0 Å². The van der Waals surface area contributed by atoms with Gasteiger partial charge in [0, 0.05) is 25.2 Å². The molecule has 5 heteroatoms. The molecule has 5 nitrogen and oxygen atoms in total. The standard InChI is InChI=1S/C16H28N2O3/c1-3-17(14-7-5-4-6-8-14)16(21)18-10-9-13(15(19)20)11-12(18)2/h12-14H,3-11H2,1-2H3,(H,19,20). The van der Waals surface area contributed by atoms with Gasteiger partial charge in [-0.3, -0.25) is 4.79 Å². The fraction of sp³-hybridized carbons (Fsp3) is 0.875. The molecule has 0 radical (unpaired) electrons. The summed E-state index contributed by atoms with van der Waals surface area (Å²) in [6, 6.07) is 0.506. The number of carbonyl (C=O) groups excluding carboxylic acids is 1. The second-order valence-corrected chi connectivity index (χ2v) is 6.46. The maximum absolute atomic E-state index is 12.8. The Hall–Kier alpha value is -1.26. The highest BCUT2D eigenvalue weighted by Crippen LogP contribution is 2.27. The summed E-state index contributed by atoms with van der Waals surface area (Å²) in [5.74, 6) is -1.03. The van der Waals surface area contributed by atoms with E-state index in [1.807, 2.05) is 23.6 Å². The zero-order valence-electron chi connectivity index (χ0n) is 13.3. The van der Waals surface area contributed by atoms with Crippen LogP contribution < -0.4 is 0 Å². The van der Waals surface area contributed by atoms with E-state index in [9.17, 15) is 9.59 Å². The minimum atomic E-state index is -0.728. The average molecular weight is 296 g/mol. The van der Waals surface area contributed by atoms with Crippen LogP contribution in [0.25, 0.3) is 0 Å². The molecule has 1 aliphatic heterocycles. The summed E-state index contributed by atoms with van der Waals surface area (Å²) >= 11 is 0. The summed E-state index contributed by atoms with van der Waals surface area (Å²) in [5, 5.41) is 9.13. The topological polar surface area (TPSA) is 60.9 Å². The Labute approximate surface area is 127 Å². The van der Waals surface area contributed by atoms with E-state index in [-0.39, 0.29) is 18.0 Å². The summed E-state index contributed by atoms with van der Waals surface area (Å²) in [7, 11) is 0. The Morgan fingerprint density at radius 2 is 1.86 bits per heavy atom. The van der Waals surface area contributed by atoms with Crippen molar-refractivity contribution >= 4 is 12.0 Å². The predicted molar refractivity (Wildman–Crippen MR) is 81.2 cm³/mol. The van der Waals surface area contributed by atoms with Crippen LogP contribution in [0.2, 0.25) is 0 Å². The van der Waals surface area contributed by atoms with E-state index < -0.39 is 5.97 Å². The molecule has 2 fully saturated rings. The lowest BCUT2D eigenvalue weighted by molar-refractivity contribution is -0.143. The van der Waals surface area contributed by atoms with Gasteiger partial charge < -0.3 is 14.9 Å². The van der Waals surface area contributed by atoms with E-state index in [1.54, 1.807) is 0 Å². The van der Waals surface area contributed by atoms with Gasteiger partial charge in [-0.25, -0.2) is 4.79 Å². The van der Waals surface area contributed by atoms with Gasteiger partial charge in [0.05, 0.1) is 5.92 Å². The second kappa shape index (κ2) is 7.14. The molecule has 2 rings (SSSR count). The third-order valence-electron chi connectivity index (χ3n) is 5.07. The number of urea groups is 1. The highest BCUT2D eigenvalue weighted by atomic mass is 16.4. The van der Waals surface area contributed by atoms with Crippen LogP contribution in [0.15, 0.2) is 0 Å². The number of likely N-dealkylation sites (tertiary alicyclic amines) is 1. The zero-order chi connectivity index (χ0) is 15.4. The maximum atomic E-state index is 12.8. The maximum Gasteiger partial charge on any atom is 0.320 e. The fourth-order valence-electron chi connectivity index (χ4n) is 3.79. The van der Waals surface area contributed by atoms with Crippen molar-refractivity contribution in [1.82, 2.24) is 9.80 Å². The first kappa shape index (κ1) is 16.1. The van der Waals surface area contributed by atoms with Gasteiger partial charge in [-0.05, 0) is 39.5 Å². The van der Waals surface area contributed by atoms with E-state index >= 15 is 0 Å². The normalized spacial score (nSPS) is 27.4. The Morgan fingerprint density at radius 3 is 2.38 bits per heavy atom. The van der Waals surface area contributed by atoms with E-state index in [0.29, 0.717) is 25.4 Å². The van der Waals surface area contributed by atoms with Gasteiger partial charge in [-0.15, -0.1) is 0 Å². The first-order valence-electron chi connectivity index (χ1n) is 8.34. The summed E-state index contributed by atoms with van der Waals surface area (Å²) in [4.78, 5) is 27.8. The average Bonchev–Trinajstić information content (AvgIpc) is 2.48. The molecule has 0 aromatic heterocycles. The van der Waals surface area contributed by atoms with E-state index in [2.05, 4.69) is 0 Å². The van der Waals surface area contributed by atoms with Crippen molar-refractivity contribution in [2.45, 2.75) is 70.9 Å². The largest absolute Gasteiger partial charge is 0.481 e. The molecule has 2 aliphatic rings. The van der Waals surface area contributed by atoms with Crippen LogP contribution in [-0.2, 0) is 4.79 Å². The van der Waals surface area contributed by atoms with Crippen LogP contribution in [0.4, 0.5) is 4.79 Å². The van der Waals surface area contributed by atoms with Crippen molar-refractivity contribution in [3.05, 3.63) is 0 Å². The number of amides is 2. The van der Waals surface area contributed by atoms with Gasteiger partial charge in [-0.2, -0.15) is 0 Å². The predicted octanol–water partition coefficient (Wildman–Crippen LogP) is 2.95. The molecule has 1 saturated heterocycles. The van der Waals surface area contributed by atoms with Crippen LogP contribution in [0.1, 0.15) is 58.8 Å². The van der Waals surface area contributed by atoms with Crippen LogP contribution in [0.5, 0.6) is 0 Å². The van der Waals surface area contributed by atoms with E-state index in [4.69, 9.17) is 5.11 Å². The molecule has 1 heterocycles. The van der Waals surface area contributed by atoms with E-state index in [0.717, 1.165) is 19.4 Å². The summed E-state index contributed by atoms with van der Waals surface area (Å²) in [5.41, 5.74) is 0. The molecular formula is C16H28N2O3. The molecule has 1 saturated carbocycles. The summed E-state index contributed by atoms with van der Waals surface area (Å²) < 4.78 is 0. The minimum absolute atomic E-state index is 0.0185. The number of hydrogen-bond donors (Lipinski definition) is 1. The first-order chi connectivity index (χ1) is 10.0. The number of rotatable bonds is 3. The van der Waals surface area contributed by atoms with Gasteiger partial charge in [0.15, 0.2) is 0 Å². The number of carboxylic acids is 1. The number of nitrogens with zero attached hydrogens (tertiary/aromatic N) is 2. The Morgan fingerprint density at radius 1 is 1.19 bits per heavy atom. The Balaban J connectivity index is 1.99. The van der Waals surface area contributed by atoms with Crippen molar-refractivity contribution in [3.63, 3.8) is 0 Å². The molecule has 1 aliphatic carbocycles. The number of carboxylic acid groups (broad SMARTS) is 1. The van der Waals surface area contributed by atoms with Crippen molar-refractivity contribution in [2.75, 3.05) is 13.1 Å². The molecule has 0 aromatic carbocycles. The quantitative estimate of drug-likeness (QED) is 0.871. The first-order valence-corrected chi connectivity index (χ1v) is 8.34. The molecule has 120 valence electrons. The molecule has 2 atom stereocenters. The van der Waals surface area contributed by atoms with Crippen molar-refractivity contribution in [1.29, 1.82) is 0 Å². The van der Waals surface area contributed by atoms with Crippen LogP contribution >= 0.6 is 0 Å². The second-order valence-electron chi connectivity index (χ2n) is 6.46. The van der Waals surface area contributed by atoms with Crippen molar-refractivity contribution in [2.24, 2.45) is 5.92 Å². The fourth-order valence-corrected chi connectivity index (χ4v) is 3.79. The van der Waals surface area contributed by atoms with Crippen LogP contribution in [-0.4, -0.2) is 52.1 Å². The lowest BCUT2D eigenvalue weighted by Gasteiger charge is -2.42. The number of piperidine rings is 1. The molecule has 2 amide bonds. The zero-order valence-corrected chi connectivity index (χ0v) is 13.3. The lowest BCUT2D eigenvalue weighted by atomic mass is 9.91. The molecule has 0 spiro atoms. The third-order valence-corrected chi connectivity index (χ3v) is 5.07. The summed E-state index contributed by atoms with van der Waals surface area (Å²) in [6.45, 7) is 5.33. The monoisotopic (exact) mass is 296 g/mol. The molecule has 1 N–H and O–H groups in total. The highest BCUT2D eigenvalue weighted by molar-refractivity contribution is 5.76. The molecule has 0 bridgehead atoms. The van der Waals surface area contributed by atoms with Gasteiger partial charge >= 0.3 is 12.0 Å². The van der Waals surface area contributed by atoms with Crippen LogP contribution in [0.3, 0.4) is 0 Å². The Bertz CT molecular complexity index is 380. The van der Waals surface area contributed by atoms with Gasteiger partial charge in [0.2, 0.25) is 0 Å². The Kier molecular flexibility index (Phi) is 5.48. The van der Waals surface area contributed by atoms with E-state index in [1.165, 1.54) is 19.3 Å². The smallest absolute Gasteiger partial charge is 0.320 e. The van der Waals surface area contributed by atoms with Gasteiger partial charge in [0.25, 0.3) is 0 Å². The lowest BCUT2D eigenvalue weighted by Crippen LogP contribution is -2.54. The molecule has 0 aromatic rings. The van der Waals surface area contributed by atoms with Crippen LogP contribution in [0, 0.1) is 5.92 Å². The molecule has 21 heavy (non-hydrogen) atoms. The molecule has 2 unspecified atom stereocenters. The van der Waals surface area contributed by atoms with Crippen molar-refractivity contribution in [3.8, 4) is 0 Å². The molecular weight excluding hydrogens is 268 g/mol. The number of aliphatic carboxylic acids is 1. The summed E-state index contributed by atoms with van der Waals surface area (Å²) in [6.07, 6.45) is 7.08. The van der Waals surface area contributed by atoms with Gasteiger partial charge in [-0.1, -0.05) is 19.3 Å².